The number of benzene rings is 2. The third kappa shape index (κ3) is 4.96. The number of hydrogen-bond donors (Lipinski definition) is 2. The van der Waals surface area contributed by atoms with Gasteiger partial charge in [-0.05, 0) is 36.8 Å². The van der Waals surface area contributed by atoms with Crippen LogP contribution in [-0.2, 0) is 4.79 Å². The van der Waals surface area contributed by atoms with Crippen LogP contribution in [0, 0.1) is 6.92 Å². The molecular weight excluding hydrogens is 382 g/mol. The van der Waals surface area contributed by atoms with E-state index in [9.17, 15) is 9.59 Å². The number of rotatable bonds is 5. The Bertz CT molecular complexity index is 838. The SMILES string of the molecule is Cc1c(NCC(=O)Nc2ccccc2Cl)cccc1C(=O)N1CCSCC1. The summed E-state index contributed by atoms with van der Waals surface area (Å²) < 4.78 is 0. The van der Waals surface area contributed by atoms with E-state index in [0.717, 1.165) is 35.8 Å². The van der Waals surface area contributed by atoms with Crippen LogP contribution in [-0.4, -0.2) is 47.9 Å². The molecule has 1 aliphatic rings. The van der Waals surface area contributed by atoms with Crippen LogP contribution in [0.5, 0.6) is 0 Å². The van der Waals surface area contributed by atoms with Gasteiger partial charge in [-0.1, -0.05) is 29.8 Å². The molecule has 2 aromatic rings. The van der Waals surface area contributed by atoms with E-state index >= 15 is 0 Å². The standard InChI is InChI=1S/C20H22ClN3O2S/c1-14-15(20(26)24-9-11-27-12-10-24)5-4-8-17(14)22-13-19(25)23-18-7-3-2-6-16(18)21/h2-8,22H,9-13H2,1H3,(H,23,25). The average Bonchev–Trinajstić information content (AvgIpc) is 2.69. The van der Waals surface area contributed by atoms with Crippen LogP contribution in [0.2, 0.25) is 5.02 Å². The zero-order chi connectivity index (χ0) is 19.2. The highest BCUT2D eigenvalue weighted by Crippen LogP contribution is 2.23. The molecule has 142 valence electrons. The minimum absolute atomic E-state index is 0.0527. The van der Waals surface area contributed by atoms with Gasteiger partial charge in [-0.3, -0.25) is 9.59 Å². The van der Waals surface area contributed by atoms with Gasteiger partial charge >= 0.3 is 0 Å². The molecule has 1 saturated heterocycles. The molecular formula is C20H22ClN3O2S. The average molecular weight is 404 g/mol. The lowest BCUT2D eigenvalue weighted by Crippen LogP contribution is -2.38. The Morgan fingerprint density at radius 2 is 1.78 bits per heavy atom. The number of anilines is 2. The minimum Gasteiger partial charge on any atom is -0.376 e. The zero-order valence-electron chi connectivity index (χ0n) is 15.1. The van der Waals surface area contributed by atoms with Crippen molar-refractivity contribution in [2.24, 2.45) is 0 Å². The molecule has 2 amide bonds. The van der Waals surface area contributed by atoms with E-state index in [2.05, 4.69) is 10.6 Å². The molecule has 0 saturated carbocycles. The van der Waals surface area contributed by atoms with Crippen molar-refractivity contribution in [1.82, 2.24) is 4.90 Å². The van der Waals surface area contributed by atoms with Crippen molar-refractivity contribution in [2.45, 2.75) is 6.92 Å². The van der Waals surface area contributed by atoms with Gasteiger partial charge in [0, 0.05) is 35.8 Å². The first-order valence-electron chi connectivity index (χ1n) is 8.81. The van der Waals surface area contributed by atoms with E-state index in [4.69, 9.17) is 11.6 Å². The fourth-order valence-corrected chi connectivity index (χ4v) is 4.01. The van der Waals surface area contributed by atoms with Crippen LogP contribution in [0.15, 0.2) is 42.5 Å². The molecule has 1 aliphatic heterocycles. The van der Waals surface area contributed by atoms with Gasteiger partial charge in [0.25, 0.3) is 5.91 Å². The molecule has 1 fully saturated rings. The Labute approximate surface area is 168 Å². The van der Waals surface area contributed by atoms with E-state index in [1.807, 2.05) is 53.9 Å². The van der Waals surface area contributed by atoms with Crippen LogP contribution >= 0.6 is 23.4 Å². The number of hydrogen-bond acceptors (Lipinski definition) is 4. The van der Waals surface area contributed by atoms with Gasteiger partial charge in [0.2, 0.25) is 5.91 Å². The fourth-order valence-electron chi connectivity index (χ4n) is 2.93. The van der Waals surface area contributed by atoms with Gasteiger partial charge in [-0.25, -0.2) is 0 Å². The van der Waals surface area contributed by atoms with E-state index in [0.29, 0.717) is 16.3 Å². The van der Waals surface area contributed by atoms with Crippen molar-refractivity contribution in [1.29, 1.82) is 0 Å². The number of halogens is 1. The maximum atomic E-state index is 12.8. The molecule has 0 atom stereocenters. The summed E-state index contributed by atoms with van der Waals surface area (Å²) in [5.41, 5.74) is 2.89. The van der Waals surface area contributed by atoms with Gasteiger partial charge in [0.05, 0.1) is 17.3 Å². The van der Waals surface area contributed by atoms with Gasteiger partial charge in [0.15, 0.2) is 0 Å². The lowest BCUT2D eigenvalue weighted by Gasteiger charge is -2.27. The molecule has 0 unspecified atom stereocenters. The third-order valence-electron chi connectivity index (χ3n) is 4.45. The largest absolute Gasteiger partial charge is 0.376 e. The Morgan fingerprint density at radius 3 is 2.52 bits per heavy atom. The summed E-state index contributed by atoms with van der Waals surface area (Å²) >= 11 is 7.93. The van der Waals surface area contributed by atoms with Crippen LogP contribution in [0.1, 0.15) is 15.9 Å². The summed E-state index contributed by atoms with van der Waals surface area (Å²) in [5.74, 6) is 1.81. The number of nitrogens with zero attached hydrogens (tertiary/aromatic N) is 1. The third-order valence-corrected chi connectivity index (χ3v) is 5.72. The maximum Gasteiger partial charge on any atom is 0.254 e. The first kappa shape index (κ1) is 19.6. The molecule has 0 aromatic heterocycles. The monoisotopic (exact) mass is 403 g/mol. The summed E-state index contributed by atoms with van der Waals surface area (Å²) in [4.78, 5) is 26.9. The molecule has 7 heteroatoms. The molecule has 2 N–H and O–H groups in total. The van der Waals surface area contributed by atoms with Gasteiger partial charge in [0.1, 0.15) is 0 Å². The van der Waals surface area contributed by atoms with Gasteiger partial charge < -0.3 is 15.5 Å². The van der Waals surface area contributed by atoms with Crippen LogP contribution < -0.4 is 10.6 Å². The van der Waals surface area contributed by atoms with E-state index in [-0.39, 0.29) is 18.4 Å². The summed E-state index contributed by atoms with van der Waals surface area (Å²) in [7, 11) is 0. The molecule has 2 aromatic carbocycles. The summed E-state index contributed by atoms with van der Waals surface area (Å²) in [5, 5.41) is 6.39. The van der Waals surface area contributed by atoms with Crippen LogP contribution in [0.4, 0.5) is 11.4 Å². The summed E-state index contributed by atoms with van der Waals surface area (Å²) in [6, 6.07) is 12.7. The van der Waals surface area contributed by atoms with Gasteiger partial charge in [-0.15, -0.1) is 0 Å². The van der Waals surface area contributed by atoms with Crippen molar-refractivity contribution in [3.05, 3.63) is 58.6 Å². The van der Waals surface area contributed by atoms with Crippen molar-refractivity contribution in [3.63, 3.8) is 0 Å². The number of amides is 2. The second-order valence-corrected chi connectivity index (χ2v) is 7.90. The number of carbonyl (C=O) groups is 2. The highest BCUT2D eigenvalue weighted by atomic mass is 35.5. The second kappa shape index (κ2) is 9.15. The molecule has 0 bridgehead atoms. The van der Waals surface area contributed by atoms with Crippen molar-refractivity contribution in [2.75, 3.05) is 41.8 Å². The molecule has 3 rings (SSSR count). The van der Waals surface area contributed by atoms with Crippen molar-refractivity contribution in [3.8, 4) is 0 Å². The van der Waals surface area contributed by atoms with E-state index in [1.54, 1.807) is 12.1 Å². The van der Waals surface area contributed by atoms with E-state index in [1.165, 1.54) is 0 Å². The van der Waals surface area contributed by atoms with E-state index < -0.39 is 0 Å². The predicted molar refractivity (Wildman–Crippen MR) is 113 cm³/mol. The summed E-state index contributed by atoms with van der Waals surface area (Å²) in [6.45, 7) is 3.55. The van der Waals surface area contributed by atoms with Crippen molar-refractivity contribution < 1.29 is 9.59 Å². The maximum absolute atomic E-state index is 12.8. The zero-order valence-corrected chi connectivity index (χ0v) is 16.7. The topological polar surface area (TPSA) is 61.4 Å². The molecule has 5 nitrogen and oxygen atoms in total. The lowest BCUT2D eigenvalue weighted by atomic mass is 10.1. The Balaban J connectivity index is 1.64. The minimum atomic E-state index is -0.202. The quantitative estimate of drug-likeness (QED) is 0.795. The molecule has 0 radical (unpaired) electrons. The first-order chi connectivity index (χ1) is 13.1. The smallest absolute Gasteiger partial charge is 0.254 e. The number of para-hydroxylation sites is 1. The number of carbonyl (C=O) groups excluding carboxylic acids is 2. The molecule has 0 spiro atoms. The fraction of sp³-hybridized carbons (Fsp3) is 0.300. The Kier molecular flexibility index (Phi) is 6.63. The summed E-state index contributed by atoms with van der Waals surface area (Å²) in [6.07, 6.45) is 0. The number of thioether (sulfide) groups is 1. The highest BCUT2D eigenvalue weighted by Gasteiger charge is 2.20. The van der Waals surface area contributed by atoms with Crippen LogP contribution in [0.3, 0.4) is 0 Å². The number of nitrogens with one attached hydrogen (secondary N) is 2. The normalized spacial score (nSPS) is 13.9. The molecule has 27 heavy (non-hydrogen) atoms. The molecule has 0 aliphatic carbocycles. The van der Waals surface area contributed by atoms with Crippen LogP contribution in [0.25, 0.3) is 0 Å². The highest BCUT2D eigenvalue weighted by molar-refractivity contribution is 7.99. The Morgan fingerprint density at radius 1 is 1.07 bits per heavy atom. The van der Waals surface area contributed by atoms with Gasteiger partial charge in [-0.2, -0.15) is 11.8 Å². The lowest BCUT2D eigenvalue weighted by molar-refractivity contribution is -0.114. The second-order valence-electron chi connectivity index (χ2n) is 6.26. The predicted octanol–water partition coefficient (Wildman–Crippen LogP) is 3.89. The van der Waals surface area contributed by atoms with Crippen molar-refractivity contribution >= 4 is 46.6 Å². The first-order valence-corrected chi connectivity index (χ1v) is 10.3. The Hall–Kier alpha value is -2.18. The molecule has 1 heterocycles.